The lowest BCUT2D eigenvalue weighted by molar-refractivity contribution is 1.18. The Morgan fingerprint density at radius 1 is 0.455 bits per heavy atom. The Hall–Kier alpha value is -5.86. The monoisotopic (exact) mass is 562 g/mol. The van der Waals surface area contributed by atoms with Gasteiger partial charge in [-0.15, -0.1) is 0 Å². The summed E-state index contributed by atoms with van der Waals surface area (Å²) < 4.78 is 4.72. The Balaban J connectivity index is 1.29. The smallest absolute Gasteiger partial charge is 0.0541 e. The lowest BCUT2D eigenvalue weighted by Crippen LogP contribution is -1.94. The molecule has 8 aromatic rings. The Morgan fingerprint density at radius 3 is 1.45 bits per heavy atom. The fourth-order valence-electron chi connectivity index (χ4n) is 6.65. The lowest BCUT2D eigenvalue weighted by atomic mass is 10.0. The van der Waals surface area contributed by atoms with Crippen molar-refractivity contribution in [2.75, 3.05) is 0 Å². The summed E-state index contributed by atoms with van der Waals surface area (Å²) in [5.41, 5.74) is 11.7. The van der Waals surface area contributed by atoms with E-state index in [2.05, 4.69) is 162 Å². The molecule has 0 fully saturated rings. The zero-order valence-corrected chi connectivity index (χ0v) is 24.3. The third-order valence-corrected chi connectivity index (χ3v) is 8.67. The maximum Gasteiger partial charge on any atom is 0.0541 e. The molecule has 0 radical (unpaired) electrons. The van der Waals surface area contributed by atoms with E-state index in [-0.39, 0.29) is 0 Å². The molecule has 0 aliphatic rings. The molecule has 2 heterocycles. The molecule has 0 bridgehead atoms. The van der Waals surface area contributed by atoms with Gasteiger partial charge in [0, 0.05) is 32.9 Å². The van der Waals surface area contributed by atoms with E-state index in [1.165, 1.54) is 60.4 Å². The van der Waals surface area contributed by atoms with Crippen molar-refractivity contribution in [1.82, 2.24) is 9.13 Å². The zero-order valence-electron chi connectivity index (χ0n) is 24.3. The summed E-state index contributed by atoms with van der Waals surface area (Å²) in [6.45, 7) is 7.81. The van der Waals surface area contributed by atoms with E-state index in [1.54, 1.807) is 6.08 Å². The third kappa shape index (κ3) is 4.04. The molecule has 0 saturated heterocycles. The van der Waals surface area contributed by atoms with E-state index in [0.29, 0.717) is 0 Å². The molecule has 2 nitrogen and oxygen atoms in total. The molecule has 0 spiro atoms. The molecule has 0 aliphatic heterocycles. The van der Waals surface area contributed by atoms with Gasteiger partial charge < -0.3 is 9.13 Å². The molecule has 2 aromatic heterocycles. The van der Waals surface area contributed by atoms with Crippen LogP contribution in [-0.2, 0) is 0 Å². The van der Waals surface area contributed by atoms with E-state index < -0.39 is 0 Å². The van der Waals surface area contributed by atoms with Crippen LogP contribution in [0.5, 0.6) is 0 Å². The van der Waals surface area contributed by atoms with Crippen LogP contribution in [0.2, 0.25) is 0 Å². The first kappa shape index (κ1) is 25.8. The number of para-hydroxylation sites is 3. The Kier molecular flexibility index (Phi) is 6.13. The average molecular weight is 563 g/mol. The summed E-state index contributed by atoms with van der Waals surface area (Å²) in [5, 5.41) is 5.01. The number of allylic oxidation sites excluding steroid dienone is 4. The molecule has 0 saturated carbocycles. The first-order valence-electron chi connectivity index (χ1n) is 14.9. The van der Waals surface area contributed by atoms with Gasteiger partial charge >= 0.3 is 0 Å². The molecule has 0 N–H and O–H groups in total. The summed E-state index contributed by atoms with van der Waals surface area (Å²) in [7, 11) is 0. The summed E-state index contributed by atoms with van der Waals surface area (Å²) in [4.78, 5) is 0. The van der Waals surface area contributed by atoms with Crippen molar-refractivity contribution >= 4 is 49.2 Å². The maximum absolute atomic E-state index is 3.97. The summed E-state index contributed by atoms with van der Waals surface area (Å²) in [6, 6.07) is 50.4. The topological polar surface area (TPSA) is 9.86 Å². The molecule has 44 heavy (non-hydrogen) atoms. The van der Waals surface area contributed by atoms with E-state index in [4.69, 9.17) is 0 Å². The van der Waals surface area contributed by atoms with Crippen LogP contribution in [0.4, 0.5) is 0 Å². The number of hydrogen-bond donors (Lipinski definition) is 0. The number of fused-ring (bicyclic) bond motifs is 6. The Bertz CT molecular complexity index is 2400. The van der Waals surface area contributed by atoms with Crippen LogP contribution < -0.4 is 0 Å². The van der Waals surface area contributed by atoms with Crippen LogP contribution in [0, 0.1) is 0 Å². The maximum atomic E-state index is 3.97. The van der Waals surface area contributed by atoms with Crippen molar-refractivity contribution in [3.05, 3.63) is 176 Å². The highest BCUT2D eigenvalue weighted by molar-refractivity contribution is 6.12. The first-order valence-corrected chi connectivity index (χ1v) is 14.9. The van der Waals surface area contributed by atoms with Gasteiger partial charge in [0.15, 0.2) is 0 Å². The second kappa shape index (κ2) is 10.4. The summed E-state index contributed by atoms with van der Waals surface area (Å²) in [6.07, 6.45) is 5.66. The molecule has 6 aromatic carbocycles. The average Bonchev–Trinajstić information content (AvgIpc) is 3.60. The fraction of sp³-hybridized carbons (Fsp3) is 0. The molecule has 8 rings (SSSR count). The molecule has 0 atom stereocenters. The van der Waals surface area contributed by atoms with Crippen LogP contribution in [0.15, 0.2) is 171 Å². The highest BCUT2D eigenvalue weighted by atomic mass is 15.0. The first-order chi connectivity index (χ1) is 21.7. The molecular weight excluding hydrogens is 532 g/mol. The predicted molar refractivity (Wildman–Crippen MR) is 189 cm³/mol. The van der Waals surface area contributed by atoms with E-state index >= 15 is 0 Å². The van der Waals surface area contributed by atoms with Crippen LogP contribution in [-0.4, -0.2) is 9.13 Å². The van der Waals surface area contributed by atoms with Crippen LogP contribution in [0.1, 0.15) is 5.56 Å². The van der Waals surface area contributed by atoms with Gasteiger partial charge in [-0.3, -0.25) is 0 Å². The minimum absolute atomic E-state index is 1.06. The highest BCUT2D eigenvalue weighted by Crippen LogP contribution is 2.38. The quantitative estimate of drug-likeness (QED) is 0.178. The Labute approximate surface area is 256 Å². The number of rotatable bonds is 6. The van der Waals surface area contributed by atoms with Gasteiger partial charge in [0.05, 0.1) is 22.1 Å². The van der Waals surface area contributed by atoms with Crippen molar-refractivity contribution < 1.29 is 0 Å². The number of aromatic nitrogens is 2. The number of benzene rings is 6. The SMILES string of the molecule is C=C/C=C(\C=C)c1ccc(-n2c3ccccc3c3cc(-c4ccc5c(c4)c4ccccc4n5-c4ccccc4)ccc32)cc1. The Morgan fingerprint density at radius 2 is 0.932 bits per heavy atom. The van der Waals surface area contributed by atoms with E-state index in [0.717, 1.165) is 16.8 Å². The van der Waals surface area contributed by atoms with Gasteiger partial charge in [-0.05, 0) is 82.9 Å². The van der Waals surface area contributed by atoms with Crippen molar-refractivity contribution in [2.24, 2.45) is 0 Å². The summed E-state index contributed by atoms with van der Waals surface area (Å²) in [5.74, 6) is 0. The van der Waals surface area contributed by atoms with Gasteiger partial charge in [0.25, 0.3) is 0 Å². The van der Waals surface area contributed by atoms with Crippen molar-refractivity contribution in [3.8, 4) is 22.5 Å². The normalized spacial score (nSPS) is 12.0. The molecule has 0 unspecified atom stereocenters. The fourth-order valence-corrected chi connectivity index (χ4v) is 6.65. The van der Waals surface area contributed by atoms with Crippen molar-refractivity contribution in [1.29, 1.82) is 0 Å². The molecule has 208 valence electrons. The number of hydrogen-bond acceptors (Lipinski definition) is 0. The molecule has 0 aliphatic carbocycles. The van der Waals surface area contributed by atoms with Gasteiger partial charge in [-0.1, -0.05) is 110 Å². The highest BCUT2D eigenvalue weighted by Gasteiger charge is 2.16. The number of nitrogens with zero attached hydrogens (tertiary/aromatic N) is 2. The van der Waals surface area contributed by atoms with Gasteiger partial charge in [0.2, 0.25) is 0 Å². The molecule has 0 amide bonds. The predicted octanol–water partition coefficient (Wildman–Crippen LogP) is 11.3. The second-order valence-electron chi connectivity index (χ2n) is 11.1. The van der Waals surface area contributed by atoms with Crippen LogP contribution in [0.25, 0.3) is 71.7 Å². The molecular formula is C42H30N2. The minimum Gasteiger partial charge on any atom is -0.309 e. The van der Waals surface area contributed by atoms with Gasteiger partial charge in [0.1, 0.15) is 0 Å². The van der Waals surface area contributed by atoms with E-state index in [1.807, 2.05) is 12.2 Å². The van der Waals surface area contributed by atoms with Crippen LogP contribution >= 0.6 is 0 Å². The summed E-state index contributed by atoms with van der Waals surface area (Å²) >= 11 is 0. The standard InChI is InChI=1S/C42H30N2/c1-3-12-29(4-2)30-19-23-34(24-20-30)44-40-18-11-9-16-36(40)38-28-32(22-26-42(38)44)31-21-25-41-37(27-31)35-15-8-10-17-39(35)43(41)33-13-6-5-7-14-33/h3-28H,1-2H2/b29-12+. The van der Waals surface area contributed by atoms with Gasteiger partial charge in [-0.25, -0.2) is 0 Å². The zero-order chi connectivity index (χ0) is 29.6. The minimum atomic E-state index is 1.06. The van der Waals surface area contributed by atoms with E-state index in [9.17, 15) is 0 Å². The van der Waals surface area contributed by atoms with Gasteiger partial charge in [-0.2, -0.15) is 0 Å². The second-order valence-corrected chi connectivity index (χ2v) is 11.1. The van der Waals surface area contributed by atoms with Crippen molar-refractivity contribution in [2.45, 2.75) is 0 Å². The van der Waals surface area contributed by atoms with Crippen LogP contribution in [0.3, 0.4) is 0 Å². The molecule has 2 heteroatoms. The largest absolute Gasteiger partial charge is 0.309 e. The van der Waals surface area contributed by atoms with Crippen molar-refractivity contribution in [3.63, 3.8) is 0 Å². The third-order valence-electron chi connectivity index (χ3n) is 8.67. The lowest BCUT2D eigenvalue weighted by Gasteiger charge is -2.10.